The van der Waals surface area contributed by atoms with Crippen molar-refractivity contribution in [1.82, 2.24) is 0 Å². The van der Waals surface area contributed by atoms with Crippen LogP contribution in [-0.2, 0) is 5.41 Å². The van der Waals surface area contributed by atoms with E-state index in [2.05, 4.69) is 11.8 Å². The number of imide groups is 2. The Morgan fingerprint density at radius 2 is 0.886 bits per heavy atom. The zero-order chi connectivity index (χ0) is 31.6. The number of hydrogen-bond donors (Lipinski definition) is 0. The van der Waals surface area contributed by atoms with E-state index in [4.69, 9.17) is 12.8 Å². The zero-order valence-corrected chi connectivity index (χ0v) is 22.9. The molecule has 0 N–H and O–H groups in total. The van der Waals surface area contributed by atoms with Crippen molar-refractivity contribution in [1.29, 1.82) is 0 Å². The van der Waals surface area contributed by atoms with Crippen LogP contribution >= 0.6 is 0 Å². The van der Waals surface area contributed by atoms with Crippen LogP contribution in [0.3, 0.4) is 0 Å². The van der Waals surface area contributed by atoms with E-state index in [1.165, 1.54) is 36.4 Å². The lowest BCUT2D eigenvalue weighted by atomic mass is 9.74. The van der Waals surface area contributed by atoms with E-state index in [-0.39, 0.29) is 44.8 Å². The van der Waals surface area contributed by atoms with Crippen molar-refractivity contribution < 1.29 is 32.3 Å². The van der Waals surface area contributed by atoms with Gasteiger partial charge in [0, 0.05) is 11.1 Å². The maximum absolute atomic E-state index is 15.0. The Hall–Kier alpha value is -5.93. The Morgan fingerprint density at radius 3 is 1.20 bits per heavy atom. The van der Waals surface area contributed by atoms with Gasteiger partial charge in [-0.3, -0.25) is 19.2 Å². The number of hydrogen-bond acceptors (Lipinski definition) is 4. The van der Waals surface area contributed by atoms with E-state index in [9.17, 15) is 32.3 Å². The first-order chi connectivity index (χ1) is 20.9. The molecule has 0 radical (unpaired) electrons. The number of halogens is 3. The van der Waals surface area contributed by atoms with Gasteiger partial charge in [0.2, 0.25) is 0 Å². The highest BCUT2D eigenvalue weighted by Crippen LogP contribution is 2.48. The van der Waals surface area contributed by atoms with Crippen molar-refractivity contribution in [3.8, 4) is 24.7 Å². The lowest BCUT2D eigenvalue weighted by Gasteiger charge is -2.33. The standard InChI is InChI=1S/C35H19F3N2O4/c1-4-20-6-12-24(13-7-20)39-30(41)26-16-10-22(18-28(26)32(39)43)34(3,35(36,37)38)23-11-17-27-29(19-23)33(44)40(31(27)42)25-14-8-21(5-2)9-15-25/h1-2,6-19H,3H3. The highest BCUT2D eigenvalue weighted by atomic mass is 19.4. The van der Waals surface area contributed by atoms with Crippen LogP contribution in [0.4, 0.5) is 24.5 Å². The number of amides is 4. The summed E-state index contributed by atoms with van der Waals surface area (Å²) in [7, 11) is 0. The topological polar surface area (TPSA) is 74.8 Å². The molecule has 6 rings (SSSR count). The minimum Gasteiger partial charge on any atom is -0.268 e. The monoisotopic (exact) mass is 588 g/mol. The molecule has 2 aliphatic heterocycles. The molecule has 9 heteroatoms. The summed E-state index contributed by atoms with van der Waals surface area (Å²) in [5, 5.41) is 0. The highest BCUT2D eigenvalue weighted by molar-refractivity contribution is 6.35. The molecule has 4 aromatic rings. The molecule has 4 aromatic carbocycles. The van der Waals surface area contributed by atoms with E-state index in [1.807, 2.05) is 0 Å². The molecule has 0 saturated heterocycles. The molecule has 0 unspecified atom stereocenters. The number of carbonyl (C=O) groups excluding carboxylic acids is 4. The van der Waals surface area contributed by atoms with Crippen molar-refractivity contribution in [2.75, 3.05) is 9.80 Å². The molecule has 4 amide bonds. The largest absolute Gasteiger partial charge is 0.402 e. The van der Waals surface area contributed by atoms with Gasteiger partial charge in [-0.2, -0.15) is 13.2 Å². The van der Waals surface area contributed by atoms with Crippen LogP contribution in [0.1, 0.15) is 70.6 Å². The molecular weight excluding hydrogens is 569 g/mol. The Morgan fingerprint density at radius 1 is 0.545 bits per heavy atom. The summed E-state index contributed by atoms with van der Waals surface area (Å²) in [6.45, 7) is 0.922. The van der Waals surface area contributed by atoms with Crippen molar-refractivity contribution in [3.05, 3.63) is 129 Å². The van der Waals surface area contributed by atoms with Crippen molar-refractivity contribution in [3.63, 3.8) is 0 Å². The molecule has 0 aromatic heterocycles. The number of rotatable bonds is 4. The minimum atomic E-state index is -4.91. The van der Waals surface area contributed by atoms with Crippen LogP contribution in [-0.4, -0.2) is 29.8 Å². The predicted molar refractivity (Wildman–Crippen MR) is 156 cm³/mol. The fourth-order valence-corrected chi connectivity index (χ4v) is 5.48. The van der Waals surface area contributed by atoms with E-state index < -0.39 is 35.2 Å². The van der Waals surface area contributed by atoms with E-state index >= 15 is 0 Å². The smallest absolute Gasteiger partial charge is 0.268 e. The van der Waals surface area contributed by atoms with E-state index in [1.54, 1.807) is 24.3 Å². The van der Waals surface area contributed by atoms with Crippen molar-refractivity contribution in [2.24, 2.45) is 0 Å². The van der Waals surface area contributed by atoms with Crippen molar-refractivity contribution in [2.45, 2.75) is 18.5 Å². The second-order valence-corrected chi connectivity index (χ2v) is 10.4. The van der Waals surface area contributed by atoms with E-state index in [0.717, 1.165) is 41.0 Å². The number of anilines is 2. The first kappa shape index (κ1) is 28.2. The average Bonchev–Trinajstić information content (AvgIpc) is 3.43. The van der Waals surface area contributed by atoms with Gasteiger partial charge in [0.25, 0.3) is 23.6 Å². The first-order valence-corrected chi connectivity index (χ1v) is 13.2. The maximum atomic E-state index is 15.0. The maximum Gasteiger partial charge on any atom is 0.402 e. The zero-order valence-electron chi connectivity index (χ0n) is 22.9. The summed E-state index contributed by atoms with van der Waals surface area (Å²) in [4.78, 5) is 54.7. The molecule has 214 valence electrons. The molecule has 6 nitrogen and oxygen atoms in total. The van der Waals surface area contributed by atoms with Crippen LogP contribution in [0, 0.1) is 24.7 Å². The molecule has 0 spiro atoms. The van der Waals surface area contributed by atoms with Gasteiger partial charge in [0.15, 0.2) is 0 Å². The third kappa shape index (κ3) is 4.02. The first-order valence-electron chi connectivity index (χ1n) is 13.2. The second kappa shape index (κ2) is 9.82. The molecule has 2 aliphatic rings. The second-order valence-electron chi connectivity index (χ2n) is 10.4. The van der Waals surface area contributed by atoms with Crippen LogP contribution in [0.5, 0.6) is 0 Å². The lowest BCUT2D eigenvalue weighted by molar-refractivity contribution is -0.173. The van der Waals surface area contributed by atoms with Crippen LogP contribution in [0.15, 0.2) is 84.9 Å². The van der Waals surface area contributed by atoms with Gasteiger partial charge in [-0.25, -0.2) is 9.80 Å². The van der Waals surface area contributed by atoms with Crippen LogP contribution in [0.25, 0.3) is 0 Å². The SMILES string of the molecule is C#Cc1ccc(N2C(=O)c3ccc(C(C)(c4ccc5c(c4)C(=O)N(c4ccc(C#C)cc4)C5=O)C(F)(F)F)cc3C2=O)cc1. The number of carbonyl (C=O) groups is 4. The Balaban J connectivity index is 1.41. The van der Waals surface area contributed by atoms with Gasteiger partial charge in [0.1, 0.15) is 5.41 Å². The Kier molecular flexibility index (Phi) is 6.30. The van der Waals surface area contributed by atoms with Crippen LogP contribution in [0.2, 0.25) is 0 Å². The van der Waals surface area contributed by atoms with Gasteiger partial charge in [-0.05, 0) is 90.8 Å². The molecule has 0 bridgehead atoms. The number of benzene rings is 4. The summed E-state index contributed by atoms with van der Waals surface area (Å²) >= 11 is 0. The summed E-state index contributed by atoms with van der Waals surface area (Å²) in [6.07, 6.45) is 5.83. The normalized spacial score (nSPS) is 14.4. The van der Waals surface area contributed by atoms with Gasteiger partial charge < -0.3 is 0 Å². The van der Waals surface area contributed by atoms with Crippen molar-refractivity contribution >= 4 is 35.0 Å². The van der Waals surface area contributed by atoms with E-state index in [0.29, 0.717) is 11.1 Å². The quantitative estimate of drug-likeness (QED) is 0.213. The third-order valence-corrected chi connectivity index (χ3v) is 8.08. The fourth-order valence-electron chi connectivity index (χ4n) is 5.48. The van der Waals surface area contributed by atoms with Gasteiger partial charge >= 0.3 is 6.18 Å². The predicted octanol–water partition coefficient (Wildman–Crippen LogP) is 6.12. The third-order valence-electron chi connectivity index (χ3n) is 8.08. The molecule has 44 heavy (non-hydrogen) atoms. The minimum absolute atomic E-state index is 0.0504. The fraction of sp³-hybridized carbons (Fsp3) is 0.0857. The van der Waals surface area contributed by atoms with Gasteiger partial charge in [0.05, 0.1) is 33.6 Å². The molecular formula is C35H19F3N2O4. The number of alkyl halides is 3. The summed E-state index contributed by atoms with van der Waals surface area (Å²) in [5.74, 6) is 1.92. The van der Waals surface area contributed by atoms with Gasteiger partial charge in [-0.15, -0.1) is 12.8 Å². The molecule has 0 saturated carbocycles. The lowest BCUT2D eigenvalue weighted by Crippen LogP contribution is -2.41. The summed E-state index contributed by atoms with van der Waals surface area (Å²) in [5.41, 5.74) is -2.40. The average molecular weight is 589 g/mol. The Bertz CT molecular complexity index is 1880. The number of fused-ring (bicyclic) bond motifs is 2. The van der Waals surface area contributed by atoms with Crippen LogP contribution < -0.4 is 9.80 Å². The molecule has 2 heterocycles. The molecule has 0 fully saturated rings. The summed E-state index contributed by atoms with van der Waals surface area (Å²) < 4.78 is 45.0. The summed E-state index contributed by atoms with van der Waals surface area (Å²) in [6, 6.07) is 18.8. The number of nitrogens with zero attached hydrogens (tertiary/aromatic N) is 2. The molecule has 0 aliphatic carbocycles. The van der Waals surface area contributed by atoms with Gasteiger partial charge in [-0.1, -0.05) is 24.0 Å². The Labute approximate surface area is 249 Å². The highest BCUT2D eigenvalue weighted by Gasteiger charge is 2.55. The molecule has 0 atom stereocenters. The number of terminal acetylenes is 2.